The Hall–Kier alpha value is -3.41. The van der Waals surface area contributed by atoms with Gasteiger partial charge in [-0.15, -0.1) is 0 Å². The van der Waals surface area contributed by atoms with E-state index in [1.54, 1.807) is 0 Å². The number of carbonyl (C=O) groups excluding carboxylic acids is 3. The third-order valence-corrected chi connectivity index (χ3v) is 9.96. The second-order valence-electron chi connectivity index (χ2n) is 15.7. The van der Waals surface area contributed by atoms with E-state index in [9.17, 15) is 14.4 Å². The van der Waals surface area contributed by atoms with Gasteiger partial charge in [0.25, 0.3) is 0 Å². The summed E-state index contributed by atoms with van der Waals surface area (Å²) in [6.45, 7) is 6.33. The lowest BCUT2D eigenvalue weighted by molar-refractivity contribution is -0.167. The predicted molar refractivity (Wildman–Crippen MR) is 251 cm³/mol. The normalized spacial score (nSPS) is 12.8. The third-order valence-electron chi connectivity index (χ3n) is 9.96. The molecule has 1 unspecified atom stereocenters. The van der Waals surface area contributed by atoms with Crippen LogP contribution in [0.25, 0.3) is 0 Å². The molecule has 336 valence electrons. The molecule has 1 atom stereocenters. The van der Waals surface area contributed by atoms with Gasteiger partial charge in [-0.2, -0.15) is 0 Å². The van der Waals surface area contributed by atoms with Gasteiger partial charge >= 0.3 is 17.9 Å². The summed E-state index contributed by atoms with van der Waals surface area (Å²) < 4.78 is 16.7. The summed E-state index contributed by atoms with van der Waals surface area (Å²) in [6, 6.07) is 0. The van der Waals surface area contributed by atoms with Gasteiger partial charge in [0.15, 0.2) is 6.10 Å². The van der Waals surface area contributed by atoms with E-state index in [1.807, 2.05) is 0 Å². The zero-order valence-corrected chi connectivity index (χ0v) is 38.2. The van der Waals surface area contributed by atoms with Gasteiger partial charge in [-0.3, -0.25) is 14.4 Å². The van der Waals surface area contributed by atoms with E-state index >= 15 is 0 Å². The summed E-state index contributed by atoms with van der Waals surface area (Å²) >= 11 is 0. The fourth-order valence-corrected chi connectivity index (χ4v) is 6.37. The Balaban J connectivity index is 4.45. The van der Waals surface area contributed by atoms with Crippen molar-refractivity contribution >= 4 is 17.9 Å². The van der Waals surface area contributed by atoms with Crippen LogP contribution in [0.5, 0.6) is 0 Å². The van der Waals surface area contributed by atoms with Crippen molar-refractivity contribution in [3.05, 3.63) is 85.1 Å². The van der Waals surface area contributed by atoms with Crippen molar-refractivity contribution in [1.82, 2.24) is 0 Å². The van der Waals surface area contributed by atoms with Crippen LogP contribution in [-0.4, -0.2) is 37.2 Å². The van der Waals surface area contributed by atoms with Crippen LogP contribution >= 0.6 is 0 Å². The molecule has 0 spiro atoms. The van der Waals surface area contributed by atoms with Crippen LogP contribution in [0.3, 0.4) is 0 Å². The lowest BCUT2D eigenvalue weighted by Crippen LogP contribution is -2.30. The predicted octanol–water partition coefficient (Wildman–Crippen LogP) is 15.6. The molecule has 0 heterocycles. The first-order valence-corrected chi connectivity index (χ1v) is 24.1. The first kappa shape index (κ1) is 55.6. The van der Waals surface area contributed by atoms with Gasteiger partial charge < -0.3 is 14.2 Å². The molecule has 0 rings (SSSR count). The Morgan fingerprint density at radius 1 is 0.373 bits per heavy atom. The summed E-state index contributed by atoms with van der Waals surface area (Å²) in [4.78, 5) is 37.8. The molecule has 0 radical (unpaired) electrons. The third kappa shape index (κ3) is 45.5. The van der Waals surface area contributed by atoms with Crippen LogP contribution in [-0.2, 0) is 28.6 Å². The minimum Gasteiger partial charge on any atom is -0.462 e. The molecule has 0 N–H and O–H groups in total. The zero-order valence-electron chi connectivity index (χ0n) is 38.2. The second-order valence-corrected chi connectivity index (χ2v) is 15.7. The topological polar surface area (TPSA) is 78.9 Å². The van der Waals surface area contributed by atoms with Crippen LogP contribution < -0.4 is 0 Å². The monoisotopic (exact) mass is 821 g/mol. The fourth-order valence-electron chi connectivity index (χ4n) is 6.37. The Kier molecular flexibility index (Phi) is 44.5. The van der Waals surface area contributed by atoms with Crippen molar-refractivity contribution in [2.45, 2.75) is 219 Å². The summed E-state index contributed by atoms with van der Waals surface area (Å²) in [7, 11) is 0. The van der Waals surface area contributed by atoms with E-state index < -0.39 is 6.10 Å². The lowest BCUT2D eigenvalue weighted by Gasteiger charge is -2.18. The average molecular weight is 821 g/mol. The highest BCUT2D eigenvalue weighted by atomic mass is 16.6. The Morgan fingerprint density at radius 2 is 0.746 bits per heavy atom. The summed E-state index contributed by atoms with van der Waals surface area (Å²) in [5.41, 5.74) is 0. The Morgan fingerprint density at radius 3 is 1.24 bits per heavy atom. The van der Waals surface area contributed by atoms with Crippen LogP contribution in [0, 0.1) is 0 Å². The number of carbonyl (C=O) groups is 3. The van der Waals surface area contributed by atoms with Crippen molar-refractivity contribution in [1.29, 1.82) is 0 Å². The van der Waals surface area contributed by atoms with Crippen LogP contribution in [0.1, 0.15) is 213 Å². The van der Waals surface area contributed by atoms with E-state index in [1.165, 1.54) is 70.6 Å². The number of hydrogen-bond acceptors (Lipinski definition) is 6. The van der Waals surface area contributed by atoms with E-state index in [0.29, 0.717) is 19.3 Å². The van der Waals surface area contributed by atoms with Crippen LogP contribution in [0.4, 0.5) is 0 Å². The maximum Gasteiger partial charge on any atom is 0.306 e. The molecule has 0 aromatic heterocycles. The van der Waals surface area contributed by atoms with E-state index in [0.717, 1.165) is 103 Å². The molecule has 0 saturated heterocycles. The Labute approximate surface area is 363 Å². The largest absolute Gasteiger partial charge is 0.462 e. The minimum atomic E-state index is -0.793. The van der Waals surface area contributed by atoms with Gasteiger partial charge in [0, 0.05) is 19.3 Å². The van der Waals surface area contributed by atoms with Crippen molar-refractivity contribution in [3.63, 3.8) is 0 Å². The van der Waals surface area contributed by atoms with Gasteiger partial charge in [0.2, 0.25) is 0 Å². The molecule has 0 aromatic rings. The quantitative estimate of drug-likeness (QED) is 0.0201. The number of esters is 3. The van der Waals surface area contributed by atoms with E-state index in [2.05, 4.69) is 106 Å². The molecule has 6 heteroatoms. The highest BCUT2D eigenvalue weighted by Crippen LogP contribution is 2.14. The standard InChI is InChI=1S/C53H88O6/c1-4-7-10-13-16-19-22-24-26-28-29-31-34-37-40-43-46-52(55)58-49-50(48-57-51(54)45-42-39-36-33-21-18-15-12-9-6-3)59-53(56)47-44-41-38-35-32-30-27-25-23-20-17-14-11-8-5-2/h7-8,10-11,14,16-17,19-20,23-24,26,29,31,50H,4-6,9,12-13,15,18,21-22,25,27-28,30,32-49H2,1-3H3/b10-7-,11-8-,17-14-,19-16-,23-20-,26-24-,31-29-. The van der Waals surface area contributed by atoms with Crippen LogP contribution in [0.2, 0.25) is 0 Å². The summed E-state index contributed by atoms with van der Waals surface area (Å²) in [6.07, 6.45) is 59.9. The number of ether oxygens (including phenoxy) is 3. The van der Waals surface area contributed by atoms with E-state index in [-0.39, 0.29) is 31.1 Å². The van der Waals surface area contributed by atoms with Gasteiger partial charge in [-0.25, -0.2) is 0 Å². The SMILES string of the molecule is CC\C=C/C=C\C=C/CCCCCCCCCC(=O)OC(COC(=O)CCCCC/C=C\C/C=C\C/C=C\C/C=C\CC)COC(=O)CCCCCCCCCCCC. The molecule has 0 saturated carbocycles. The summed E-state index contributed by atoms with van der Waals surface area (Å²) in [5, 5.41) is 0. The van der Waals surface area contributed by atoms with Crippen molar-refractivity contribution in [2.75, 3.05) is 13.2 Å². The first-order valence-electron chi connectivity index (χ1n) is 24.1. The molecule has 0 bridgehead atoms. The van der Waals surface area contributed by atoms with Gasteiger partial charge in [-0.1, -0.05) is 202 Å². The number of allylic oxidation sites excluding steroid dienone is 14. The molecular weight excluding hydrogens is 733 g/mol. The maximum absolute atomic E-state index is 12.8. The van der Waals surface area contributed by atoms with Crippen LogP contribution in [0.15, 0.2) is 85.1 Å². The summed E-state index contributed by atoms with van der Waals surface area (Å²) in [5.74, 6) is -0.942. The smallest absolute Gasteiger partial charge is 0.306 e. The maximum atomic E-state index is 12.8. The fraction of sp³-hybridized carbons (Fsp3) is 0.679. The van der Waals surface area contributed by atoms with Crippen molar-refractivity contribution in [3.8, 4) is 0 Å². The van der Waals surface area contributed by atoms with Gasteiger partial charge in [-0.05, 0) is 77.0 Å². The lowest BCUT2D eigenvalue weighted by atomic mass is 10.1. The zero-order chi connectivity index (χ0) is 43.0. The molecule has 0 aliphatic heterocycles. The minimum absolute atomic E-state index is 0.0914. The van der Waals surface area contributed by atoms with Crippen molar-refractivity contribution in [2.24, 2.45) is 0 Å². The van der Waals surface area contributed by atoms with Gasteiger partial charge in [0.05, 0.1) is 0 Å². The van der Waals surface area contributed by atoms with E-state index in [4.69, 9.17) is 14.2 Å². The molecule has 0 fully saturated rings. The molecule has 0 amide bonds. The number of rotatable bonds is 42. The second kappa shape index (κ2) is 47.3. The van der Waals surface area contributed by atoms with Crippen molar-refractivity contribution < 1.29 is 28.6 Å². The first-order chi connectivity index (χ1) is 29.0. The highest BCUT2D eigenvalue weighted by Gasteiger charge is 2.19. The highest BCUT2D eigenvalue weighted by molar-refractivity contribution is 5.71. The molecule has 6 nitrogen and oxygen atoms in total. The molecule has 0 aromatic carbocycles. The number of unbranched alkanes of at least 4 members (excludes halogenated alkanes) is 19. The van der Waals surface area contributed by atoms with Gasteiger partial charge in [0.1, 0.15) is 13.2 Å². The molecular formula is C53H88O6. The molecule has 0 aliphatic carbocycles. The number of hydrogen-bond donors (Lipinski definition) is 0. The Bertz CT molecular complexity index is 1170. The molecule has 59 heavy (non-hydrogen) atoms. The average Bonchev–Trinajstić information content (AvgIpc) is 3.23. The molecule has 0 aliphatic rings.